The second-order valence-electron chi connectivity index (χ2n) is 8.58. The van der Waals surface area contributed by atoms with Crippen LogP contribution in [0.4, 0.5) is 17.3 Å². The number of anilines is 3. The summed E-state index contributed by atoms with van der Waals surface area (Å²) in [5.41, 5.74) is 0.860. The number of nitrogens with one attached hydrogen (secondary N) is 1. The molecule has 0 saturated carbocycles. The molecule has 2 aliphatic rings. The molecule has 1 N–H and O–H groups in total. The van der Waals surface area contributed by atoms with Crippen LogP contribution in [-0.4, -0.2) is 54.0 Å². The first-order valence-corrected chi connectivity index (χ1v) is 11.0. The Kier molecular flexibility index (Phi) is 5.43. The predicted molar refractivity (Wildman–Crippen MR) is 124 cm³/mol. The van der Waals surface area contributed by atoms with E-state index < -0.39 is 0 Å². The largest absolute Gasteiger partial charge is 0.454 e. The van der Waals surface area contributed by atoms with Crippen molar-refractivity contribution in [3.8, 4) is 11.5 Å². The third-order valence-electron chi connectivity index (χ3n) is 5.82. The lowest BCUT2D eigenvalue weighted by Gasteiger charge is -2.36. The molecule has 0 aliphatic carbocycles. The zero-order valence-corrected chi connectivity index (χ0v) is 18.4. The highest BCUT2D eigenvalue weighted by Crippen LogP contribution is 2.36. The maximum Gasteiger partial charge on any atom is 0.231 e. The molecule has 0 spiro atoms. The SMILES string of the molecule is CC(C)CC(=O)N1CCN(c2nnc(Nc3ccc4c(c3)OCO4)c3ccccc23)CC1. The van der Waals surface area contributed by atoms with E-state index in [2.05, 4.69) is 40.3 Å². The Morgan fingerprint density at radius 1 is 1.00 bits per heavy atom. The number of nitrogens with zero attached hydrogens (tertiary/aromatic N) is 4. The molecule has 8 nitrogen and oxygen atoms in total. The molecule has 1 amide bonds. The lowest BCUT2D eigenvalue weighted by molar-refractivity contribution is -0.132. The number of benzene rings is 2. The Bertz CT molecular complexity index is 1140. The molecule has 1 saturated heterocycles. The first-order valence-electron chi connectivity index (χ1n) is 11.0. The maximum atomic E-state index is 12.4. The quantitative estimate of drug-likeness (QED) is 0.656. The van der Waals surface area contributed by atoms with E-state index in [0.717, 1.165) is 41.1 Å². The minimum absolute atomic E-state index is 0.235. The van der Waals surface area contributed by atoms with Crippen LogP contribution in [0.1, 0.15) is 20.3 Å². The summed E-state index contributed by atoms with van der Waals surface area (Å²) in [6.45, 7) is 7.31. The summed E-state index contributed by atoms with van der Waals surface area (Å²) < 4.78 is 10.9. The highest BCUT2D eigenvalue weighted by atomic mass is 16.7. The normalized spacial score (nSPS) is 15.5. The smallest absolute Gasteiger partial charge is 0.231 e. The molecule has 166 valence electrons. The van der Waals surface area contributed by atoms with Crippen molar-refractivity contribution in [3.63, 3.8) is 0 Å². The van der Waals surface area contributed by atoms with Crippen molar-refractivity contribution >= 4 is 34.0 Å². The molecule has 0 bridgehead atoms. The van der Waals surface area contributed by atoms with E-state index in [1.165, 1.54) is 0 Å². The van der Waals surface area contributed by atoms with E-state index in [1.807, 2.05) is 41.3 Å². The summed E-state index contributed by atoms with van der Waals surface area (Å²) in [6.07, 6.45) is 0.600. The molecule has 3 aromatic rings. The summed E-state index contributed by atoms with van der Waals surface area (Å²) in [4.78, 5) is 16.6. The summed E-state index contributed by atoms with van der Waals surface area (Å²) in [7, 11) is 0. The van der Waals surface area contributed by atoms with Crippen LogP contribution in [0.2, 0.25) is 0 Å². The molecule has 0 unspecified atom stereocenters. The fourth-order valence-corrected chi connectivity index (χ4v) is 4.17. The highest BCUT2D eigenvalue weighted by Gasteiger charge is 2.24. The van der Waals surface area contributed by atoms with E-state index in [-0.39, 0.29) is 12.7 Å². The van der Waals surface area contributed by atoms with Crippen LogP contribution in [-0.2, 0) is 4.79 Å². The maximum absolute atomic E-state index is 12.4. The number of fused-ring (bicyclic) bond motifs is 2. The Balaban J connectivity index is 1.37. The van der Waals surface area contributed by atoms with Crippen molar-refractivity contribution in [2.24, 2.45) is 5.92 Å². The van der Waals surface area contributed by atoms with Gasteiger partial charge in [0.05, 0.1) is 0 Å². The Hall–Kier alpha value is -3.55. The average Bonchev–Trinajstić information content (AvgIpc) is 3.27. The molecule has 5 rings (SSSR count). The molecule has 1 fully saturated rings. The Morgan fingerprint density at radius 3 is 2.53 bits per heavy atom. The second-order valence-corrected chi connectivity index (χ2v) is 8.58. The van der Waals surface area contributed by atoms with Gasteiger partial charge in [0.1, 0.15) is 0 Å². The summed E-state index contributed by atoms with van der Waals surface area (Å²) in [6, 6.07) is 13.9. The van der Waals surface area contributed by atoms with Gasteiger partial charge in [-0.3, -0.25) is 4.79 Å². The van der Waals surface area contributed by atoms with Crippen molar-refractivity contribution < 1.29 is 14.3 Å². The highest BCUT2D eigenvalue weighted by molar-refractivity contribution is 5.99. The fourth-order valence-electron chi connectivity index (χ4n) is 4.17. The minimum atomic E-state index is 0.235. The van der Waals surface area contributed by atoms with Gasteiger partial charge in [-0.05, 0) is 18.1 Å². The van der Waals surface area contributed by atoms with Crippen molar-refractivity contribution in [3.05, 3.63) is 42.5 Å². The fraction of sp³-hybridized carbons (Fsp3) is 0.375. The zero-order chi connectivity index (χ0) is 22.1. The van der Waals surface area contributed by atoms with E-state index >= 15 is 0 Å². The van der Waals surface area contributed by atoms with E-state index in [0.29, 0.717) is 37.0 Å². The van der Waals surface area contributed by atoms with Gasteiger partial charge in [0.2, 0.25) is 12.7 Å². The van der Waals surface area contributed by atoms with E-state index in [1.54, 1.807) is 0 Å². The summed E-state index contributed by atoms with van der Waals surface area (Å²) in [5, 5.41) is 14.5. The first-order chi connectivity index (χ1) is 15.6. The monoisotopic (exact) mass is 433 g/mol. The summed E-state index contributed by atoms with van der Waals surface area (Å²) in [5.74, 6) is 3.61. The van der Waals surface area contributed by atoms with Crippen LogP contribution in [0, 0.1) is 5.92 Å². The van der Waals surface area contributed by atoms with E-state index in [9.17, 15) is 4.79 Å². The molecule has 2 aromatic carbocycles. The van der Waals surface area contributed by atoms with E-state index in [4.69, 9.17) is 9.47 Å². The molecule has 0 radical (unpaired) electrons. The van der Waals surface area contributed by atoms with Gasteiger partial charge < -0.3 is 24.6 Å². The topological polar surface area (TPSA) is 79.8 Å². The van der Waals surface area contributed by atoms with Gasteiger partial charge in [-0.1, -0.05) is 38.1 Å². The number of hydrogen-bond acceptors (Lipinski definition) is 7. The average molecular weight is 434 g/mol. The third kappa shape index (κ3) is 4.00. The van der Waals surface area contributed by atoms with Crippen LogP contribution in [0.3, 0.4) is 0 Å². The molecule has 1 aromatic heterocycles. The minimum Gasteiger partial charge on any atom is -0.454 e. The van der Waals surface area contributed by atoms with Crippen molar-refractivity contribution in [1.82, 2.24) is 15.1 Å². The van der Waals surface area contributed by atoms with Crippen LogP contribution in [0.25, 0.3) is 10.8 Å². The predicted octanol–water partition coefficient (Wildman–Crippen LogP) is 3.80. The molecule has 0 atom stereocenters. The summed E-state index contributed by atoms with van der Waals surface area (Å²) >= 11 is 0. The van der Waals surface area contributed by atoms with Crippen molar-refractivity contribution in [2.75, 3.05) is 43.2 Å². The molecule has 2 aliphatic heterocycles. The Labute approximate surface area is 187 Å². The number of carbonyl (C=O) groups excluding carboxylic acids is 1. The van der Waals surface area contributed by atoms with Gasteiger partial charge in [-0.2, -0.15) is 0 Å². The molecular formula is C24H27N5O3. The van der Waals surface area contributed by atoms with Crippen molar-refractivity contribution in [1.29, 1.82) is 0 Å². The van der Waals surface area contributed by atoms with Gasteiger partial charge in [-0.25, -0.2) is 0 Å². The number of aromatic nitrogens is 2. The lowest BCUT2D eigenvalue weighted by atomic mass is 10.1. The van der Waals surface area contributed by atoms with Gasteiger partial charge >= 0.3 is 0 Å². The van der Waals surface area contributed by atoms with Gasteiger partial charge in [-0.15, -0.1) is 10.2 Å². The number of ether oxygens (including phenoxy) is 2. The molecule has 32 heavy (non-hydrogen) atoms. The zero-order valence-electron chi connectivity index (χ0n) is 18.4. The number of carbonyl (C=O) groups is 1. The Morgan fingerprint density at radius 2 is 1.75 bits per heavy atom. The standard InChI is InChI=1S/C24H27N5O3/c1-16(2)13-22(30)28-9-11-29(12-10-28)24-19-6-4-3-5-18(19)23(26-27-24)25-17-7-8-20-21(14-17)32-15-31-20/h3-8,14,16H,9-13,15H2,1-2H3,(H,25,26). The second kappa shape index (κ2) is 8.53. The van der Waals surface area contributed by atoms with Crippen LogP contribution in [0.5, 0.6) is 11.5 Å². The van der Waals surface area contributed by atoms with Gasteiger partial charge in [0.25, 0.3) is 0 Å². The molecule has 3 heterocycles. The third-order valence-corrected chi connectivity index (χ3v) is 5.82. The number of rotatable bonds is 5. The number of hydrogen-bond donors (Lipinski definition) is 1. The molecule has 8 heteroatoms. The van der Waals surface area contributed by atoms with Crippen molar-refractivity contribution in [2.45, 2.75) is 20.3 Å². The lowest BCUT2D eigenvalue weighted by Crippen LogP contribution is -2.49. The van der Waals surface area contributed by atoms with Crippen LogP contribution < -0.4 is 19.7 Å². The van der Waals surface area contributed by atoms with Gasteiger partial charge in [0.15, 0.2) is 23.1 Å². The van der Waals surface area contributed by atoms with Gasteiger partial charge in [0, 0.05) is 55.1 Å². The van der Waals surface area contributed by atoms with Crippen LogP contribution in [0.15, 0.2) is 42.5 Å². The number of amides is 1. The number of piperazine rings is 1. The molecular weight excluding hydrogens is 406 g/mol. The van der Waals surface area contributed by atoms with Crippen LogP contribution >= 0.6 is 0 Å². The first kappa shape index (κ1) is 20.4.